The number of carbonyl (C=O) groups is 2. The number of rotatable bonds is 4. The van der Waals surface area contributed by atoms with Gasteiger partial charge in [0.2, 0.25) is 11.8 Å². The molecule has 332 valence electrons. The van der Waals surface area contributed by atoms with Gasteiger partial charge in [-0.2, -0.15) is 0 Å². The number of fused-ring (bicyclic) bond motifs is 4. The molecule has 0 radical (unpaired) electrons. The maximum atomic E-state index is 12.8. The van der Waals surface area contributed by atoms with Gasteiger partial charge in [-0.25, -0.2) is 0 Å². The van der Waals surface area contributed by atoms with Crippen LogP contribution in [0.5, 0.6) is 5.75 Å². The lowest BCUT2D eigenvalue weighted by atomic mass is 9.88. The second-order valence-corrected chi connectivity index (χ2v) is 18.0. The minimum atomic E-state index is 0. The van der Waals surface area contributed by atoms with Gasteiger partial charge in [-0.15, -0.1) is 0 Å². The Hall–Kier alpha value is -6.20. The SMILES string of the molecule is Cc1cnc2c(c1)CCc1cc(Cl)ccc1C2=C1CCN(C(=O)Cc2cccnc2)CC1.O.O=C(Cc1cccnc1)N1CCC(=C2c3ccc(Cl)cc3CCc3cc(O)cnc32)CC1. The number of piperidine rings is 2. The maximum Gasteiger partial charge on any atom is 0.227 e. The summed E-state index contributed by atoms with van der Waals surface area (Å²) < 4.78 is 0. The molecule has 6 aromatic rings. The largest absolute Gasteiger partial charge is 0.506 e. The molecule has 2 aliphatic carbocycles. The van der Waals surface area contributed by atoms with E-state index in [0.29, 0.717) is 25.9 Å². The van der Waals surface area contributed by atoms with Gasteiger partial charge in [0.05, 0.1) is 30.4 Å². The van der Waals surface area contributed by atoms with Crippen LogP contribution in [0.1, 0.15) is 87.1 Å². The zero-order valence-electron chi connectivity index (χ0n) is 36.5. The quantitative estimate of drug-likeness (QED) is 0.186. The highest BCUT2D eigenvalue weighted by molar-refractivity contribution is 6.31. The van der Waals surface area contributed by atoms with Crippen LogP contribution in [0.3, 0.4) is 0 Å². The average molecular weight is 908 g/mol. The van der Waals surface area contributed by atoms with Crippen molar-refractivity contribution in [3.63, 3.8) is 0 Å². The highest BCUT2D eigenvalue weighted by atomic mass is 35.5. The van der Waals surface area contributed by atoms with Crippen molar-refractivity contribution < 1.29 is 20.2 Å². The van der Waals surface area contributed by atoms with Gasteiger partial charge in [0, 0.05) is 78.4 Å². The highest BCUT2D eigenvalue weighted by Crippen LogP contribution is 2.41. The van der Waals surface area contributed by atoms with Crippen LogP contribution in [0.4, 0.5) is 0 Å². The molecule has 0 atom stereocenters. The van der Waals surface area contributed by atoms with Gasteiger partial charge in [0.15, 0.2) is 0 Å². The summed E-state index contributed by atoms with van der Waals surface area (Å²) in [6.07, 6.45) is 18.2. The number of aryl methyl sites for hydroxylation is 5. The lowest BCUT2D eigenvalue weighted by Crippen LogP contribution is -2.37. The molecule has 2 amide bonds. The van der Waals surface area contributed by atoms with Crippen LogP contribution >= 0.6 is 23.2 Å². The molecule has 4 aliphatic rings. The molecule has 10 nitrogen and oxygen atoms in total. The minimum Gasteiger partial charge on any atom is -0.506 e. The first-order chi connectivity index (χ1) is 31.2. The molecule has 2 aromatic carbocycles. The number of halogens is 2. The smallest absolute Gasteiger partial charge is 0.227 e. The molecule has 2 aliphatic heterocycles. The summed E-state index contributed by atoms with van der Waals surface area (Å²) in [6, 6.07) is 24.0. The van der Waals surface area contributed by atoms with Crippen LogP contribution in [-0.4, -0.2) is 78.3 Å². The summed E-state index contributed by atoms with van der Waals surface area (Å²) in [6.45, 7) is 4.95. The second kappa shape index (κ2) is 20.3. The Balaban J connectivity index is 0.000000175. The predicted octanol–water partition coefficient (Wildman–Crippen LogP) is 8.98. The molecule has 0 saturated carbocycles. The van der Waals surface area contributed by atoms with Crippen LogP contribution in [0, 0.1) is 6.92 Å². The molecule has 4 aromatic heterocycles. The van der Waals surface area contributed by atoms with E-state index in [1.165, 1.54) is 50.7 Å². The second-order valence-electron chi connectivity index (χ2n) is 17.1. The van der Waals surface area contributed by atoms with E-state index in [0.717, 1.165) is 114 Å². The van der Waals surface area contributed by atoms with Crippen molar-refractivity contribution in [3.8, 4) is 5.75 Å². The van der Waals surface area contributed by atoms with Crippen molar-refractivity contribution >= 4 is 46.2 Å². The molecule has 0 spiro atoms. The Bertz CT molecular complexity index is 2470. The number of benzene rings is 2. The van der Waals surface area contributed by atoms with E-state index >= 15 is 0 Å². The summed E-state index contributed by atoms with van der Waals surface area (Å²) in [7, 11) is 0. The maximum absolute atomic E-state index is 12.8. The Kier molecular flexibility index (Phi) is 14.2. The topological polar surface area (TPSA) is 144 Å². The van der Waals surface area contributed by atoms with Crippen LogP contribution in [-0.2, 0) is 48.1 Å². The summed E-state index contributed by atoms with van der Waals surface area (Å²) >= 11 is 12.6. The monoisotopic (exact) mass is 906 g/mol. The fourth-order valence-electron chi connectivity index (χ4n) is 9.62. The van der Waals surface area contributed by atoms with E-state index in [2.05, 4.69) is 46.1 Å². The third-order valence-corrected chi connectivity index (χ3v) is 13.3. The first-order valence-corrected chi connectivity index (χ1v) is 22.9. The number of amides is 2. The lowest BCUT2D eigenvalue weighted by Gasteiger charge is -2.30. The third kappa shape index (κ3) is 10.4. The number of pyridine rings is 4. The van der Waals surface area contributed by atoms with Crippen molar-refractivity contribution in [3.05, 3.63) is 193 Å². The minimum absolute atomic E-state index is 0. The Morgan fingerprint density at radius 3 is 1.48 bits per heavy atom. The van der Waals surface area contributed by atoms with E-state index in [9.17, 15) is 14.7 Å². The molecule has 10 rings (SSSR count). The molecule has 2 fully saturated rings. The van der Waals surface area contributed by atoms with Crippen LogP contribution < -0.4 is 0 Å². The Morgan fingerprint density at radius 2 is 1.02 bits per heavy atom. The molecule has 12 heteroatoms. The van der Waals surface area contributed by atoms with Gasteiger partial charge >= 0.3 is 0 Å². The molecule has 3 N–H and O–H groups in total. The molecule has 0 bridgehead atoms. The molecule has 0 unspecified atom stereocenters. The number of aromatic hydroxyl groups is 1. The number of hydrogen-bond acceptors (Lipinski definition) is 7. The standard InChI is InChI=1S/C27H26ClN3O.C26H24ClN3O2.H2O/c1-18-13-22-5-4-21-15-23(28)6-7-24(21)26(27(22)30-16-18)20-8-11-31(12-9-20)25(32)14-19-3-2-10-29-17-19;27-21-5-6-23-19(13-21)3-4-20-14-22(31)16-29-26(20)25(23)18-7-10-30(11-8-18)24(32)12-17-2-1-9-28-15-17;/h2-3,6-7,10,13,15-17H,4-5,8-9,11-12,14H2,1H3;1-2,5-6,9,13-16,31H,3-4,7-8,10-12H2;1H2. The zero-order chi connectivity index (χ0) is 44.2. The molecule has 6 heterocycles. The van der Waals surface area contributed by atoms with Crippen molar-refractivity contribution in [2.45, 2.75) is 71.1 Å². The summed E-state index contributed by atoms with van der Waals surface area (Å²) in [4.78, 5) is 47.3. The fraction of sp³-hybridized carbons (Fsp3) is 0.283. The molecule has 2 saturated heterocycles. The number of carbonyl (C=O) groups excluding carboxylic acids is 2. The van der Waals surface area contributed by atoms with E-state index in [1.54, 1.807) is 24.8 Å². The Labute approximate surface area is 390 Å². The van der Waals surface area contributed by atoms with Gasteiger partial charge in [-0.3, -0.25) is 29.5 Å². The van der Waals surface area contributed by atoms with Crippen molar-refractivity contribution in [2.24, 2.45) is 0 Å². The summed E-state index contributed by atoms with van der Waals surface area (Å²) in [5.41, 5.74) is 17.5. The van der Waals surface area contributed by atoms with Crippen molar-refractivity contribution in [2.75, 3.05) is 26.2 Å². The number of likely N-dealkylation sites (tertiary alicyclic amines) is 2. The summed E-state index contributed by atoms with van der Waals surface area (Å²) in [5.74, 6) is 0.496. The zero-order valence-corrected chi connectivity index (χ0v) is 38.0. The first kappa shape index (κ1) is 45.4. The first-order valence-electron chi connectivity index (χ1n) is 22.2. The van der Waals surface area contributed by atoms with Gasteiger partial charge in [0.25, 0.3) is 0 Å². The van der Waals surface area contributed by atoms with Crippen LogP contribution in [0.25, 0.3) is 11.1 Å². The Morgan fingerprint density at radius 1 is 0.569 bits per heavy atom. The summed E-state index contributed by atoms with van der Waals surface area (Å²) in [5, 5.41) is 11.5. The number of nitrogens with zero attached hydrogens (tertiary/aromatic N) is 6. The van der Waals surface area contributed by atoms with E-state index in [4.69, 9.17) is 28.2 Å². The van der Waals surface area contributed by atoms with E-state index < -0.39 is 0 Å². The van der Waals surface area contributed by atoms with E-state index in [1.807, 2.05) is 64.5 Å². The van der Waals surface area contributed by atoms with Gasteiger partial charge in [-0.05, 0) is 151 Å². The normalized spacial score (nSPS) is 15.5. The van der Waals surface area contributed by atoms with Gasteiger partial charge < -0.3 is 20.4 Å². The molecule has 65 heavy (non-hydrogen) atoms. The molecular weight excluding hydrogens is 856 g/mol. The number of hydrogen-bond donors (Lipinski definition) is 1. The fourth-order valence-corrected chi connectivity index (χ4v) is 10.0. The van der Waals surface area contributed by atoms with E-state index in [-0.39, 0.29) is 23.0 Å². The van der Waals surface area contributed by atoms with Crippen molar-refractivity contribution in [1.29, 1.82) is 0 Å². The van der Waals surface area contributed by atoms with Gasteiger partial charge in [-0.1, -0.05) is 64.7 Å². The molecular formula is C53H52Cl2N6O4. The predicted molar refractivity (Wildman–Crippen MR) is 256 cm³/mol. The average Bonchev–Trinajstić information content (AvgIpc) is 3.57. The van der Waals surface area contributed by atoms with Crippen molar-refractivity contribution in [1.82, 2.24) is 29.7 Å². The number of aromatic nitrogens is 4. The van der Waals surface area contributed by atoms with Crippen LogP contribution in [0.15, 0.2) is 121 Å². The van der Waals surface area contributed by atoms with Crippen LogP contribution in [0.2, 0.25) is 10.0 Å². The third-order valence-electron chi connectivity index (χ3n) is 12.8. The highest BCUT2D eigenvalue weighted by Gasteiger charge is 2.29. The van der Waals surface area contributed by atoms with Gasteiger partial charge in [0.1, 0.15) is 5.75 Å². The lowest BCUT2D eigenvalue weighted by molar-refractivity contribution is -0.131.